The number of hydrogen-bond acceptors (Lipinski definition) is 4. The first-order chi connectivity index (χ1) is 9.02. The van der Waals surface area contributed by atoms with E-state index >= 15 is 0 Å². The highest BCUT2D eigenvalue weighted by Gasteiger charge is 2.31. The van der Waals surface area contributed by atoms with Crippen LogP contribution in [0.5, 0.6) is 11.5 Å². The van der Waals surface area contributed by atoms with E-state index in [4.69, 9.17) is 15.2 Å². The SMILES string of the molecule is COc1ccc([C@@H](C)N)c(OC2CCN(C)C2=O)c1. The molecule has 1 fully saturated rings. The lowest BCUT2D eigenvalue weighted by atomic mass is 10.1. The molecule has 1 saturated heterocycles. The highest BCUT2D eigenvalue weighted by Crippen LogP contribution is 2.30. The van der Waals surface area contributed by atoms with Crippen LogP contribution in [0, 0.1) is 0 Å². The predicted octanol–water partition coefficient (Wildman–Crippen LogP) is 1.32. The van der Waals surface area contributed by atoms with E-state index < -0.39 is 6.10 Å². The minimum atomic E-state index is -0.422. The number of ether oxygens (including phenoxy) is 2. The molecular weight excluding hydrogens is 244 g/mol. The Morgan fingerprint density at radius 2 is 2.21 bits per heavy atom. The van der Waals surface area contributed by atoms with Crippen molar-refractivity contribution in [3.63, 3.8) is 0 Å². The summed E-state index contributed by atoms with van der Waals surface area (Å²) in [6, 6.07) is 5.34. The van der Waals surface area contributed by atoms with Crippen molar-refractivity contribution in [2.24, 2.45) is 5.73 Å². The Bertz CT molecular complexity index is 474. The van der Waals surface area contributed by atoms with Crippen LogP contribution in [0.15, 0.2) is 18.2 Å². The van der Waals surface area contributed by atoms with Gasteiger partial charge >= 0.3 is 0 Å². The molecule has 1 aliphatic heterocycles. The van der Waals surface area contributed by atoms with E-state index in [0.717, 1.165) is 12.1 Å². The summed E-state index contributed by atoms with van der Waals surface area (Å²) in [6.07, 6.45) is 0.278. The van der Waals surface area contributed by atoms with Crippen LogP contribution < -0.4 is 15.2 Å². The summed E-state index contributed by atoms with van der Waals surface area (Å²) in [4.78, 5) is 13.6. The number of likely N-dealkylation sites (N-methyl/N-ethyl adjacent to an activating group) is 1. The fraction of sp³-hybridized carbons (Fsp3) is 0.500. The van der Waals surface area contributed by atoms with Gasteiger partial charge in [0, 0.05) is 37.7 Å². The van der Waals surface area contributed by atoms with E-state index in [1.807, 2.05) is 19.1 Å². The summed E-state index contributed by atoms with van der Waals surface area (Å²) in [5, 5.41) is 0. The molecule has 0 radical (unpaired) electrons. The Kier molecular flexibility index (Phi) is 3.95. The zero-order valence-electron chi connectivity index (χ0n) is 11.6. The number of carbonyl (C=O) groups is 1. The van der Waals surface area contributed by atoms with Crippen molar-refractivity contribution in [2.45, 2.75) is 25.5 Å². The quantitative estimate of drug-likeness (QED) is 0.891. The Morgan fingerprint density at radius 1 is 1.47 bits per heavy atom. The van der Waals surface area contributed by atoms with Crippen LogP contribution in [0.25, 0.3) is 0 Å². The molecule has 2 rings (SSSR count). The van der Waals surface area contributed by atoms with Gasteiger partial charge in [0.15, 0.2) is 6.10 Å². The molecule has 1 aromatic rings. The fourth-order valence-electron chi connectivity index (χ4n) is 2.17. The van der Waals surface area contributed by atoms with Crippen molar-refractivity contribution in [3.8, 4) is 11.5 Å². The third-order valence-electron chi connectivity index (χ3n) is 3.36. The average Bonchev–Trinajstić information content (AvgIpc) is 2.70. The molecule has 2 N–H and O–H groups in total. The number of benzene rings is 1. The maximum Gasteiger partial charge on any atom is 0.263 e. The monoisotopic (exact) mass is 264 g/mol. The Hall–Kier alpha value is -1.75. The van der Waals surface area contributed by atoms with Gasteiger partial charge < -0.3 is 20.1 Å². The van der Waals surface area contributed by atoms with Crippen molar-refractivity contribution in [1.82, 2.24) is 4.90 Å². The lowest BCUT2D eigenvalue weighted by Crippen LogP contribution is -2.29. The molecule has 1 amide bonds. The molecule has 5 nitrogen and oxygen atoms in total. The van der Waals surface area contributed by atoms with E-state index in [2.05, 4.69) is 0 Å². The van der Waals surface area contributed by atoms with Crippen molar-refractivity contribution in [2.75, 3.05) is 20.7 Å². The second kappa shape index (κ2) is 5.48. The van der Waals surface area contributed by atoms with E-state index in [9.17, 15) is 4.79 Å². The van der Waals surface area contributed by atoms with Crippen LogP contribution >= 0.6 is 0 Å². The highest BCUT2D eigenvalue weighted by atomic mass is 16.5. The van der Waals surface area contributed by atoms with Gasteiger partial charge in [-0.05, 0) is 13.0 Å². The lowest BCUT2D eigenvalue weighted by molar-refractivity contribution is -0.132. The van der Waals surface area contributed by atoms with Crippen LogP contribution in [0.4, 0.5) is 0 Å². The molecule has 1 aliphatic rings. The van der Waals surface area contributed by atoms with Crippen LogP contribution in [0.1, 0.15) is 24.9 Å². The Balaban J connectivity index is 2.25. The molecule has 1 aromatic carbocycles. The molecule has 19 heavy (non-hydrogen) atoms. The molecule has 104 valence electrons. The number of amides is 1. The number of methoxy groups -OCH3 is 1. The van der Waals surface area contributed by atoms with Gasteiger partial charge in [0.2, 0.25) is 0 Å². The number of rotatable bonds is 4. The van der Waals surface area contributed by atoms with Gasteiger partial charge in [0.25, 0.3) is 5.91 Å². The largest absolute Gasteiger partial charge is 0.497 e. The van der Waals surface area contributed by atoms with E-state index in [-0.39, 0.29) is 11.9 Å². The van der Waals surface area contributed by atoms with Gasteiger partial charge in [-0.1, -0.05) is 6.07 Å². The molecule has 2 atom stereocenters. The average molecular weight is 264 g/mol. The third-order valence-corrected chi connectivity index (χ3v) is 3.36. The lowest BCUT2D eigenvalue weighted by Gasteiger charge is -2.18. The summed E-state index contributed by atoms with van der Waals surface area (Å²) in [7, 11) is 3.38. The number of nitrogens with two attached hydrogens (primary N) is 1. The second-order valence-corrected chi connectivity index (χ2v) is 4.85. The Morgan fingerprint density at radius 3 is 2.74 bits per heavy atom. The topological polar surface area (TPSA) is 64.8 Å². The number of carbonyl (C=O) groups excluding carboxylic acids is 1. The first-order valence-corrected chi connectivity index (χ1v) is 6.38. The summed E-state index contributed by atoms with van der Waals surface area (Å²) < 4.78 is 11.0. The first kappa shape index (κ1) is 13.7. The maximum absolute atomic E-state index is 11.9. The predicted molar refractivity (Wildman–Crippen MR) is 72.3 cm³/mol. The number of hydrogen-bond donors (Lipinski definition) is 1. The van der Waals surface area contributed by atoms with Crippen molar-refractivity contribution in [1.29, 1.82) is 0 Å². The van der Waals surface area contributed by atoms with Gasteiger partial charge in [-0.15, -0.1) is 0 Å². The minimum Gasteiger partial charge on any atom is -0.497 e. The van der Waals surface area contributed by atoms with Crippen LogP contribution in [-0.4, -0.2) is 37.6 Å². The van der Waals surface area contributed by atoms with Gasteiger partial charge in [-0.2, -0.15) is 0 Å². The molecule has 0 saturated carbocycles. The standard InChI is InChI=1S/C14H20N2O3/c1-9(15)11-5-4-10(18-3)8-13(11)19-12-6-7-16(2)14(12)17/h4-5,8-9,12H,6-7,15H2,1-3H3/t9-,12?/m1/s1. The number of likely N-dealkylation sites (tertiary alicyclic amines) is 1. The molecule has 0 aromatic heterocycles. The second-order valence-electron chi connectivity index (χ2n) is 4.85. The van der Waals surface area contributed by atoms with E-state index in [1.54, 1.807) is 25.1 Å². The third kappa shape index (κ3) is 2.81. The maximum atomic E-state index is 11.9. The van der Waals surface area contributed by atoms with Crippen LogP contribution in [0.2, 0.25) is 0 Å². The molecule has 1 unspecified atom stereocenters. The summed E-state index contributed by atoms with van der Waals surface area (Å²) in [5.41, 5.74) is 6.80. The molecule has 5 heteroatoms. The zero-order chi connectivity index (χ0) is 14.0. The molecule has 0 aliphatic carbocycles. The van der Waals surface area contributed by atoms with E-state index in [0.29, 0.717) is 17.9 Å². The molecule has 0 spiro atoms. The van der Waals surface area contributed by atoms with Crippen LogP contribution in [0.3, 0.4) is 0 Å². The van der Waals surface area contributed by atoms with Gasteiger partial charge in [-0.25, -0.2) is 0 Å². The Labute approximate surface area is 113 Å². The van der Waals surface area contributed by atoms with Crippen molar-refractivity contribution >= 4 is 5.91 Å². The summed E-state index contributed by atoms with van der Waals surface area (Å²) >= 11 is 0. The normalized spacial score (nSPS) is 20.5. The van der Waals surface area contributed by atoms with E-state index in [1.165, 1.54) is 0 Å². The molecular formula is C14H20N2O3. The van der Waals surface area contributed by atoms with Gasteiger partial charge in [0.05, 0.1) is 7.11 Å². The fourth-order valence-corrected chi connectivity index (χ4v) is 2.17. The van der Waals surface area contributed by atoms with Crippen molar-refractivity contribution < 1.29 is 14.3 Å². The smallest absolute Gasteiger partial charge is 0.263 e. The summed E-state index contributed by atoms with van der Waals surface area (Å²) in [6.45, 7) is 2.61. The first-order valence-electron chi connectivity index (χ1n) is 6.38. The highest BCUT2D eigenvalue weighted by molar-refractivity contribution is 5.83. The molecule has 0 bridgehead atoms. The minimum absolute atomic E-state index is 0.0124. The molecule has 1 heterocycles. The van der Waals surface area contributed by atoms with Gasteiger partial charge in [-0.3, -0.25) is 4.79 Å². The number of nitrogens with zero attached hydrogens (tertiary/aromatic N) is 1. The summed E-state index contributed by atoms with van der Waals surface area (Å²) in [5.74, 6) is 1.33. The van der Waals surface area contributed by atoms with Crippen molar-refractivity contribution in [3.05, 3.63) is 23.8 Å². The van der Waals surface area contributed by atoms with Gasteiger partial charge in [0.1, 0.15) is 11.5 Å². The zero-order valence-corrected chi connectivity index (χ0v) is 11.6. The van der Waals surface area contributed by atoms with Crippen LogP contribution in [-0.2, 0) is 4.79 Å².